The third kappa shape index (κ3) is 3.23. The van der Waals surface area contributed by atoms with Crippen LogP contribution in [0.1, 0.15) is 11.4 Å². The molecule has 0 spiro atoms. The molecule has 0 aliphatic carbocycles. The molecule has 0 atom stereocenters. The lowest BCUT2D eigenvalue weighted by molar-refractivity contribution is 0.578. The molecule has 1 N–H and O–H groups in total. The van der Waals surface area contributed by atoms with Crippen molar-refractivity contribution in [3.05, 3.63) is 23.7 Å². The first-order valence-corrected chi connectivity index (χ1v) is 8.16. The first kappa shape index (κ1) is 14.2. The number of hydrogen-bond acceptors (Lipinski definition) is 4. The molecule has 0 aliphatic rings. The molecule has 0 aromatic carbocycles. The summed E-state index contributed by atoms with van der Waals surface area (Å²) in [6, 6.07) is 1.88. The van der Waals surface area contributed by atoms with Crippen LogP contribution in [0.3, 0.4) is 0 Å². The zero-order valence-electron chi connectivity index (χ0n) is 10.7. The summed E-state index contributed by atoms with van der Waals surface area (Å²) >= 11 is 5.87. The smallest absolute Gasteiger partial charge is 0.208 e. The number of hydrogen-bond donors (Lipinski definition) is 1. The monoisotopic (exact) mass is 302 g/mol. The van der Waals surface area contributed by atoms with Crippen molar-refractivity contribution in [1.29, 1.82) is 0 Å². The summed E-state index contributed by atoms with van der Waals surface area (Å²) < 4.78 is 26.4. The van der Waals surface area contributed by atoms with Crippen LogP contribution in [0.2, 0.25) is 0 Å². The molecule has 0 fully saturated rings. The van der Waals surface area contributed by atoms with E-state index >= 15 is 0 Å². The van der Waals surface area contributed by atoms with Gasteiger partial charge >= 0.3 is 0 Å². The van der Waals surface area contributed by atoms with E-state index < -0.39 is 10.0 Å². The Bertz CT molecular complexity index is 696. The molecular weight excluding hydrogens is 288 g/mol. The molecule has 0 unspecified atom stereocenters. The molecule has 0 saturated carbocycles. The van der Waals surface area contributed by atoms with Gasteiger partial charge in [-0.3, -0.25) is 0 Å². The van der Waals surface area contributed by atoms with Gasteiger partial charge in [0.25, 0.3) is 0 Å². The highest BCUT2D eigenvalue weighted by atomic mass is 35.5. The van der Waals surface area contributed by atoms with Crippen LogP contribution in [0.25, 0.3) is 11.2 Å². The van der Waals surface area contributed by atoms with Crippen LogP contribution < -0.4 is 4.72 Å². The molecule has 0 bridgehead atoms. The standard InChI is InChI=1S/C11H15ClN4O2S/c1-8-3-4-13-11-10(8)15-9(7-12)16(11)6-5-14-19(2,17)18/h3-4,14H,5-7H2,1-2H3. The van der Waals surface area contributed by atoms with Crippen LogP contribution in [0.5, 0.6) is 0 Å². The highest BCUT2D eigenvalue weighted by molar-refractivity contribution is 7.88. The normalized spacial score (nSPS) is 12.2. The number of pyridine rings is 1. The Labute approximate surface area is 116 Å². The van der Waals surface area contributed by atoms with Gasteiger partial charge in [0.2, 0.25) is 10.0 Å². The number of alkyl halides is 1. The molecule has 2 aromatic heterocycles. The fourth-order valence-electron chi connectivity index (χ4n) is 1.86. The van der Waals surface area contributed by atoms with E-state index in [2.05, 4.69) is 14.7 Å². The van der Waals surface area contributed by atoms with Gasteiger partial charge in [0.1, 0.15) is 11.3 Å². The summed E-state index contributed by atoms with van der Waals surface area (Å²) in [5, 5.41) is 0. The quantitative estimate of drug-likeness (QED) is 0.837. The summed E-state index contributed by atoms with van der Waals surface area (Å²) in [6.07, 6.45) is 2.84. The Balaban J connectivity index is 2.33. The van der Waals surface area contributed by atoms with Gasteiger partial charge in [0.05, 0.1) is 12.1 Å². The third-order valence-corrected chi connectivity index (χ3v) is 3.70. The van der Waals surface area contributed by atoms with Gasteiger partial charge in [-0.05, 0) is 18.6 Å². The molecule has 8 heteroatoms. The van der Waals surface area contributed by atoms with Crippen LogP contribution in [0.15, 0.2) is 12.3 Å². The van der Waals surface area contributed by atoms with Crippen molar-refractivity contribution in [2.45, 2.75) is 19.3 Å². The fraction of sp³-hybridized carbons (Fsp3) is 0.455. The molecule has 6 nitrogen and oxygen atoms in total. The highest BCUT2D eigenvalue weighted by Crippen LogP contribution is 2.18. The van der Waals surface area contributed by atoms with E-state index in [4.69, 9.17) is 11.6 Å². The Morgan fingerprint density at radius 3 is 2.84 bits per heavy atom. The fourth-order valence-corrected chi connectivity index (χ4v) is 2.53. The lowest BCUT2D eigenvalue weighted by Crippen LogP contribution is -2.26. The summed E-state index contributed by atoms with van der Waals surface area (Å²) in [4.78, 5) is 8.73. The number of sulfonamides is 1. The minimum atomic E-state index is -3.20. The van der Waals surface area contributed by atoms with Gasteiger partial charge in [-0.1, -0.05) is 0 Å². The van der Waals surface area contributed by atoms with Crippen LogP contribution in [0, 0.1) is 6.92 Å². The predicted octanol–water partition coefficient (Wildman–Crippen LogP) is 1.03. The van der Waals surface area contributed by atoms with Gasteiger partial charge in [-0.25, -0.2) is 23.1 Å². The molecule has 2 heterocycles. The first-order chi connectivity index (χ1) is 8.92. The van der Waals surface area contributed by atoms with E-state index in [-0.39, 0.29) is 12.4 Å². The number of halogens is 1. The first-order valence-electron chi connectivity index (χ1n) is 5.73. The van der Waals surface area contributed by atoms with Gasteiger partial charge in [-0.2, -0.15) is 0 Å². The van der Waals surface area contributed by atoms with E-state index in [9.17, 15) is 8.42 Å². The molecule has 0 saturated heterocycles. The Morgan fingerprint density at radius 2 is 2.21 bits per heavy atom. The van der Waals surface area contributed by atoms with Crippen molar-refractivity contribution < 1.29 is 8.42 Å². The molecule has 0 aliphatic heterocycles. The SMILES string of the molecule is Cc1ccnc2c1nc(CCl)n2CCNS(C)(=O)=O. The van der Waals surface area contributed by atoms with E-state index in [0.29, 0.717) is 12.4 Å². The van der Waals surface area contributed by atoms with Crippen molar-refractivity contribution >= 4 is 32.8 Å². The maximum Gasteiger partial charge on any atom is 0.208 e. The number of rotatable bonds is 5. The topological polar surface area (TPSA) is 76.9 Å². The van der Waals surface area contributed by atoms with Gasteiger partial charge < -0.3 is 4.57 Å². The minimum Gasteiger partial charge on any atom is -0.310 e. The molecule has 0 radical (unpaired) electrons. The third-order valence-electron chi connectivity index (χ3n) is 2.73. The number of imidazole rings is 1. The zero-order valence-corrected chi connectivity index (χ0v) is 12.3. The van der Waals surface area contributed by atoms with Gasteiger partial charge in [-0.15, -0.1) is 11.6 Å². The van der Waals surface area contributed by atoms with Gasteiger partial charge in [0.15, 0.2) is 5.65 Å². The second-order valence-corrected chi connectivity index (χ2v) is 6.38. The number of nitrogens with zero attached hydrogens (tertiary/aromatic N) is 3. The average Bonchev–Trinajstić information content (AvgIpc) is 2.68. The van der Waals surface area contributed by atoms with Crippen molar-refractivity contribution in [2.24, 2.45) is 0 Å². The number of nitrogens with one attached hydrogen (secondary N) is 1. The molecule has 19 heavy (non-hydrogen) atoms. The summed E-state index contributed by atoms with van der Waals surface area (Å²) in [5.74, 6) is 0.947. The summed E-state index contributed by atoms with van der Waals surface area (Å²) in [5.41, 5.74) is 2.55. The van der Waals surface area contributed by atoms with Crippen molar-refractivity contribution in [1.82, 2.24) is 19.3 Å². The second kappa shape index (κ2) is 5.44. The highest BCUT2D eigenvalue weighted by Gasteiger charge is 2.12. The lowest BCUT2D eigenvalue weighted by atomic mass is 10.3. The van der Waals surface area contributed by atoms with Crippen molar-refractivity contribution in [3.63, 3.8) is 0 Å². The lowest BCUT2D eigenvalue weighted by Gasteiger charge is -2.07. The van der Waals surface area contributed by atoms with E-state index in [0.717, 1.165) is 23.0 Å². The van der Waals surface area contributed by atoms with Crippen LogP contribution >= 0.6 is 11.6 Å². The maximum atomic E-state index is 11.1. The largest absolute Gasteiger partial charge is 0.310 e. The zero-order chi connectivity index (χ0) is 14.0. The average molecular weight is 303 g/mol. The van der Waals surface area contributed by atoms with Crippen LogP contribution in [-0.2, 0) is 22.4 Å². The van der Waals surface area contributed by atoms with Crippen LogP contribution in [0.4, 0.5) is 0 Å². The van der Waals surface area contributed by atoms with E-state index in [1.807, 2.05) is 17.6 Å². The second-order valence-electron chi connectivity index (χ2n) is 4.28. The molecular formula is C11H15ClN4O2S. The Kier molecular flexibility index (Phi) is 4.07. The van der Waals surface area contributed by atoms with Crippen LogP contribution in [-0.4, -0.2) is 35.8 Å². The number of fused-ring (bicyclic) bond motifs is 1. The summed E-state index contributed by atoms with van der Waals surface area (Å²) in [7, 11) is -3.20. The minimum absolute atomic E-state index is 0.259. The predicted molar refractivity (Wildman–Crippen MR) is 74.7 cm³/mol. The maximum absolute atomic E-state index is 11.1. The molecule has 104 valence electrons. The molecule has 2 rings (SSSR count). The number of aromatic nitrogens is 3. The summed E-state index contributed by atoms with van der Waals surface area (Å²) in [6.45, 7) is 2.68. The molecule has 0 amide bonds. The van der Waals surface area contributed by atoms with Gasteiger partial charge in [0, 0.05) is 19.3 Å². The Hall–Kier alpha value is -1.18. The van der Waals surface area contributed by atoms with E-state index in [1.165, 1.54) is 0 Å². The van der Waals surface area contributed by atoms with Crippen molar-refractivity contribution in [3.8, 4) is 0 Å². The van der Waals surface area contributed by atoms with E-state index in [1.54, 1.807) is 6.20 Å². The number of aryl methyl sites for hydroxylation is 1. The molecule has 2 aromatic rings. The van der Waals surface area contributed by atoms with Crippen molar-refractivity contribution in [2.75, 3.05) is 12.8 Å². The Morgan fingerprint density at radius 1 is 1.47 bits per heavy atom.